The molecule has 0 unspecified atom stereocenters. The molecule has 0 aliphatic rings. The first-order valence-corrected chi connectivity index (χ1v) is 7.74. The first-order valence-electron chi connectivity index (χ1n) is 7.74. The normalized spacial score (nSPS) is 10.9. The Balaban J connectivity index is 2.63. The molecule has 0 aliphatic heterocycles. The number of unbranched alkanes of at least 4 members (excludes halogenated alkanes) is 1. The molecule has 0 saturated heterocycles. The number of anilines is 1. The van der Waals surface area contributed by atoms with Gasteiger partial charge in [0.1, 0.15) is 11.2 Å². The highest BCUT2D eigenvalue weighted by molar-refractivity contribution is 6.09. The van der Waals surface area contributed by atoms with E-state index in [0.717, 1.165) is 18.6 Å². The molecular weight excluding hydrogens is 280 g/mol. The molecule has 0 heterocycles. The molecule has 0 bridgehead atoms. The third-order valence-corrected chi connectivity index (χ3v) is 3.37. The van der Waals surface area contributed by atoms with Crippen molar-refractivity contribution in [1.29, 1.82) is 0 Å². The molecule has 0 fully saturated rings. The van der Waals surface area contributed by atoms with Gasteiger partial charge in [-0.25, -0.2) is 0 Å². The van der Waals surface area contributed by atoms with Crippen LogP contribution in [0.5, 0.6) is 5.75 Å². The van der Waals surface area contributed by atoms with E-state index in [-0.39, 0.29) is 11.8 Å². The molecule has 0 radical (unpaired) electrons. The molecule has 2 amide bonds. The molecule has 5 heteroatoms. The number of rotatable bonds is 8. The molecule has 1 rings (SSSR count). The number of carbonyl (C=O) groups excluding carboxylic acids is 2. The molecular formula is C17H26N2O3. The lowest BCUT2D eigenvalue weighted by Crippen LogP contribution is -2.45. The summed E-state index contributed by atoms with van der Waals surface area (Å²) in [6.45, 7) is 8.40. The molecule has 2 N–H and O–H groups in total. The number of benzene rings is 1. The summed E-state index contributed by atoms with van der Waals surface area (Å²) < 4.78 is 5.35. The zero-order valence-corrected chi connectivity index (χ0v) is 13.9. The lowest BCUT2D eigenvalue weighted by Gasteiger charge is -2.22. The highest BCUT2D eigenvalue weighted by Gasteiger charge is 2.35. The number of carbonyl (C=O) groups is 2. The van der Waals surface area contributed by atoms with Gasteiger partial charge in [-0.1, -0.05) is 13.3 Å². The summed E-state index contributed by atoms with van der Waals surface area (Å²) in [6.07, 6.45) is 1.90. The minimum Gasteiger partial charge on any atom is -0.494 e. The molecule has 5 nitrogen and oxygen atoms in total. The third-order valence-electron chi connectivity index (χ3n) is 3.37. The average molecular weight is 306 g/mol. The fourth-order valence-electron chi connectivity index (χ4n) is 1.79. The van der Waals surface area contributed by atoms with Crippen LogP contribution in [0.15, 0.2) is 24.3 Å². The Morgan fingerprint density at radius 1 is 1.09 bits per heavy atom. The maximum atomic E-state index is 12.3. The predicted octanol–water partition coefficient (Wildman–Crippen LogP) is 2.97. The van der Waals surface area contributed by atoms with Gasteiger partial charge in [-0.2, -0.15) is 0 Å². The van der Waals surface area contributed by atoms with Crippen molar-refractivity contribution in [3.8, 4) is 5.75 Å². The van der Waals surface area contributed by atoms with E-state index >= 15 is 0 Å². The Morgan fingerprint density at radius 3 is 2.27 bits per heavy atom. The third kappa shape index (κ3) is 5.06. The maximum Gasteiger partial charge on any atom is 0.239 e. The van der Waals surface area contributed by atoms with Gasteiger partial charge in [-0.05, 0) is 51.5 Å². The second-order valence-corrected chi connectivity index (χ2v) is 5.65. The number of hydrogen-bond donors (Lipinski definition) is 2. The van der Waals surface area contributed by atoms with E-state index in [0.29, 0.717) is 18.8 Å². The van der Waals surface area contributed by atoms with Crippen molar-refractivity contribution in [3.63, 3.8) is 0 Å². The van der Waals surface area contributed by atoms with Crippen molar-refractivity contribution < 1.29 is 14.3 Å². The van der Waals surface area contributed by atoms with Gasteiger partial charge in [0.15, 0.2) is 0 Å². The van der Waals surface area contributed by atoms with Gasteiger partial charge in [0, 0.05) is 12.2 Å². The maximum absolute atomic E-state index is 12.3. The fraction of sp³-hybridized carbons (Fsp3) is 0.529. The van der Waals surface area contributed by atoms with Crippen molar-refractivity contribution in [2.45, 2.75) is 40.5 Å². The van der Waals surface area contributed by atoms with Gasteiger partial charge < -0.3 is 15.4 Å². The first-order chi connectivity index (χ1) is 10.4. The van der Waals surface area contributed by atoms with Gasteiger partial charge >= 0.3 is 0 Å². The van der Waals surface area contributed by atoms with Crippen LogP contribution < -0.4 is 15.4 Å². The minimum absolute atomic E-state index is 0.260. The van der Waals surface area contributed by atoms with E-state index in [1.54, 1.807) is 38.1 Å². The van der Waals surface area contributed by atoms with Crippen LogP contribution >= 0.6 is 0 Å². The number of amides is 2. The Hall–Kier alpha value is -2.04. The van der Waals surface area contributed by atoms with Crippen LogP contribution in [0.1, 0.15) is 40.5 Å². The van der Waals surface area contributed by atoms with Crippen LogP contribution in [0.25, 0.3) is 0 Å². The fourth-order valence-corrected chi connectivity index (χ4v) is 1.79. The first kappa shape index (κ1) is 18.0. The molecule has 0 aliphatic carbocycles. The largest absolute Gasteiger partial charge is 0.494 e. The molecule has 0 spiro atoms. The summed E-state index contributed by atoms with van der Waals surface area (Å²) in [6, 6.07) is 7.09. The van der Waals surface area contributed by atoms with E-state index in [9.17, 15) is 9.59 Å². The van der Waals surface area contributed by atoms with Gasteiger partial charge in [0.05, 0.1) is 6.61 Å². The van der Waals surface area contributed by atoms with E-state index in [1.807, 2.05) is 6.92 Å². The Labute approximate surface area is 132 Å². The molecule has 1 aromatic rings. The van der Waals surface area contributed by atoms with Gasteiger partial charge in [0.2, 0.25) is 11.8 Å². The standard InChI is InChI=1S/C17H26N2O3/c1-5-7-12-18-15(20)17(3,4)16(21)19-13-8-10-14(11-9-13)22-6-2/h8-11H,5-7,12H2,1-4H3,(H,18,20)(H,19,21). The van der Waals surface area contributed by atoms with Crippen LogP contribution in [0.2, 0.25) is 0 Å². The summed E-state index contributed by atoms with van der Waals surface area (Å²) in [5.41, 5.74) is -0.477. The molecule has 0 saturated carbocycles. The predicted molar refractivity (Wildman–Crippen MR) is 87.9 cm³/mol. The second-order valence-electron chi connectivity index (χ2n) is 5.65. The number of hydrogen-bond acceptors (Lipinski definition) is 3. The number of ether oxygens (including phenoxy) is 1. The Bertz CT molecular complexity index is 495. The van der Waals surface area contributed by atoms with E-state index in [4.69, 9.17) is 4.74 Å². The number of nitrogens with one attached hydrogen (secondary N) is 2. The highest BCUT2D eigenvalue weighted by Crippen LogP contribution is 2.21. The summed E-state index contributed by atoms with van der Waals surface area (Å²) in [5, 5.41) is 5.56. The van der Waals surface area contributed by atoms with Crippen molar-refractivity contribution in [2.75, 3.05) is 18.5 Å². The van der Waals surface area contributed by atoms with Crippen LogP contribution in [0.4, 0.5) is 5.69 Å². The lowest BCUT2D eigenvalue weighted by atomic mass is 9.91. The smallest absolute Gasteiger partial charge is 0.239 e. The van der Waals surface area contributed by atoms with E-state index in [1.165, 1.54) is 0 Å². The van der Waals surface area contributed by atoms with Crippen molar-refractivity contribution in [1.82, 2.24) is 5.32 Å². The SMILES string of the molecule is CCCCNC(=O)C(C)(C)C(=O)Nc1ccc(OCC)cc1. The quantitative estimate of drug-likeness (QED) is 0.573. The van der Waals surface area contributed by atoms with Crippen molar-refractivity contribution in [3.05, 3.63) is 24.3 Å². The van der Waals surface area contributed by atoms with Crippen LogP contribution in [-0.4, -0.2) is 25.0 Å². The van der Waals surface area contributed by atoms with Gasteiger partial charge in [-0.3, -0.25) is 9.59 Å². The van der Waals surface area contributed by atoms with Crippen LogP contribution in [0.3, 0.4) is 0 Å². The van der Waals surface area contributed by atoms with Gasteiger partial charge in [0.25, 0.3) is 0 Å². The summed E-state index contributed by atoms with van der Waals surface area (Å²) in [7, 11) is 0. The van der Waals surface area contributed by atoms with E-state index < -0.39 is 5.41 Å². The lowest BCUT2D eigenvalue weighted by molar-refractivity contribution is -0.138. The van der Waals surface area contributed by atoms with Crippen LogP contribution in [0, 0.1) is 5.41 Å². The second kappa shape index (κ2) is 8.41. The van der Waals surface area contributed by atoms with Crippen molar-refractivity contribution in [2.24, 2.45) is 5.41 Å². The van der Waals surface area contributed by atoms with Crippen molar-refractivity contribution >= 4 is 17.5 Å². The van der Waals surface area contributed by atoms with Crippen LogP contribution in [-0.2, 0) is 9.59 Å². The summed E-state index contributed by atoms with van der Waals surface area (Å²) >= 11 is 0. The molecule has 0 aromatic heterocycles. The topological polar surface area (TPSA) is 67.4 Å². The molecule has 122 valence electrons. The van der Waals surface area contributed by atoms with E-state index in [2.05, 4.69) is 17.6 Å². The Morgan fingerprint density at radius 2 is 1.73 bits per heavy atom. The molecule has 0 atom stereocenters. The summed E-state index contributed by atoms with van der Waals surface area (Å²) in [4.78, 5) is 24.4. The highest BCUT2D eigenvalue weighted by atomic mass is 16.5. The zero-order chi connectivity index (χ0) is 16.6. The summed E-state index contributed by atoms with van der Waals surface area (Å²) in [5.74, 6) is 0.159. The molecule has 1 aromatic carbocycles. The zero-order valence-electron chi connectivity index (χ0n) is 13.9. The Kier molecular flexibility index (Phi) is 6.89. The monoisotopic (exact) mass is 306 g/mol. The average Bonchev–Trinajstić information content (AvgIpc) is 2.49. The molecule has 22 heavy (non-hydrogen) atoms. The van der Waals surface area contributed by atoms with Gasteiger partial charge in [-0.15, -0.1) is 0 Å². The minimum atomic E-state index is -1.12.